The van der Waals surface area contributed by atoms with Gasteiger partial charge in [-0.3, -0.25) is 0 Å². The Hall–Kier alpha value is -1.52. The van der Waals surface area contributed by atoms with Gasteiger partial charge in [0.2, 0.25) is 0 Å². The van der Waals surface area contributed by atoms with Gasteiger partial charge < -0.3 is 5.32 Å². The van der Waals surface area contributed by atoms with Gasteiger partial charge in [-0.05, 0) is 30.2 Å². The Kier molecular flexibility index (Phi) is 4.91. The Morgan fingerprint density at radius 1 is 1.05 bits per heavy atom. The summed E-state index contributed by atoms with van der Waals surface area (Å²) in [7, 11) is 0. The number of hydrogen-bond donors (Lipinski definition) is 1. The van der Waals surface area contributed by atoms with Crippen LogP contribution in [0.25, 0.3) is 0 Å². The van der Waals surface area contributed by atoms with Gasteiger partial charge in [-0.1, -0.05) is 48.0 Å². The molecular weight excluding hydrogens is 299 g/mol. The molecule has 2 rings (SSSR count). The zero-order valence-corrected chi connectivity index (χ0v) is 12.2. The average Bonchev–Trinajstić information content (AvgIpc) is 2.44. The van der Waals surface area contributed by atoms with Crippen molar-refractivity contribution >= 4 is 11.6 Å². The summed E-state index contributed by atoms with van der Waals surface area (Å²) in [5.41, 5.74) is 0.483. The maximum Gasteiger partial charge on any atom is 0.416 e. The van der Waals surface area contributed by atoms with E-state index in [0.717, 1.165) is 11.6 Å². The van der Waals surface area contributed by atoms with Gasteiger partial charge in [0.1, 0.15) is 0 Å². The highest BCUT2D eigenvalue weighted by Gasteiger charge is 2.32. The van der Waals surface area contributed by atoms with E-state index in [2.05, 4.69) is 5.32 Å². The van der Waals surface area contributed by atoms with Crippen molar-refractivity contribution in [2.75, 3.05) is 0 Å². The predicted octanol–water partition coefficient (Wildman–Crippen LogP) is 5.21. The molecule has 0 aromatic heterocycles. The summed E-state index contributed by atoms with van der Waals surface area (Å²) in [6, 6.07) is 12.7. The summed E-state index contributed by atoms with van der Waals surface area (Å²) in [5.74, 6) is 0. The molecule has 5 heteroatoms. The number of nitrogens with one attached hydrogen (secondary N) is 1. The van der Waals surface area contributed by atoms with Gasteiger partial charge in [-0.15, -0.1) is 0 Å². The maximum absolute atomic E-state index is 12.9. The van der Waals surface area contributed by atoms with E-state index in [1.165, 1.54) is 12.1 Å². The lowest BCUT2D eigenvalue weighted by atomic mass is 10.1. The van der Waals surface area contributed by atoms with Gasteiger partial charge in [-0.25, -0.2) is 0 Å². The molecule has 21 heavy (non-hydrogen) atoms. The van der Waals surface area contributed by atoms with Crippen LogP contribution >= 0.6 is 11.6 Å². The zero-order valence-electron chi connectivity index (χ0n) is 11.4. The second-order valence-electron chi connectivity index (χ2n) is 4.78. The largest absolute Gasteiger partial charge is 0.416 e. The van der Waals surface area contributed by atoms with Gasteiger partial charge in [-0.2, -0.15) is 13.2 Å². The Morgan fingerprint density at radius 3 is 2.33 bits per heavy atom. The van der Waals surface area contributed by atoms with E-state index < -0.39 is 11.7 Å². The van der Waals surface area contributed by atoms with Crippen LogP contribution in [0.4, 0.5) is 13.2 Å². The third-order valence-corrected chi connectivity index (χ3v) is 3.64. The molecule has 0 aliphatic heterocycles. The van der Waals surface area contributed by atoms with E-state index in [9.17, 15) is 13.2 Å². The van der Waals surface area contributed by atoms with E-state index in [1.807, 2.05) is 25.1 Å². The van der Waals surface area contributed by atoms with Crippen LogP contribution < -0.4 is 5.32 Å². The van der Waals surface area contributed by atoms with E-state index in [1.54, 1.807) is 12.1 Å². The molecule has 1 atom stereocenters. The van der Waals surface area contributed by atoms with Gasteiger partial charge in [0.05, 0.1) is 5.56 Å². The topological polar surface area (TPSA) is 12.0 Å². The SMILES string of the molecule is C[C@@H](NCc1ccccc1C(F)(F)F)c1ccccc1Cl. The summed E-state index contributed by atoms with van der Waals surface area (Å²) in [6.45, 7) is 2.00. The summed E-state index contributed by atoms with van der Waals surface area (Å²) in [5, 5.41) is 3.68. The van der Waals surface area contributed by atoms with Gasteiger partial charge >= 0.3 is 6.18 Å². The lowest BCUT2D eigenvalue weighted by molar-refractivity contribution is -0.138. The monoisotopic (exact) mass is 313 g/mol. The highest BCUT2D eigenvalue weighted by atomic mass is 35.5. The quantitative estimate of drug-likeness (QED) is 0.817. The van der Waals surface area contributed by atoms with Crippen molar-refractivity contribution in [1.29, 1.82) is 0 Å². The van der Waals surface area contributed by atoms with Crippen molar-refractivity contribution in [3.8, 4) is 0 Å². The lowest BCUT2D eigenvalue weighted by Crippen LogP contribution is -2.21. The Labute approximate surface area is 126 Å². The summed E-state index contributed by atoms with van der Waals surface area (Å²) >= 11 is 6.08. The molecule has 0 saturated carbocycles. The van der Waals surface area contributed by atoms with E-state index in [4.69, 9.17) is 11.6 Å². The molecule has 112 valence electrons. The average molecular weight is 314 g/mol. The predicted molar refractivity (Wildman–Crippen MR) is 78.2 cm³/mol. The number of rotatable bonds is 4. The number of alkyl halides is 3. The molecule has 1 N–H and O–H groups in total. The maximum atomic E-state index is 12.9. The normalized spacial score (nSPS) is 13.2. The van der Waals surface area contributed by atoms with Crippen LogP contribution in [0.15, 0.2) is 48.5 Å². The van der Waals surface area contributed by atoms with Crippen LogP contribution in [0.1, 0.15) is 29.7 Å². The van der Waals surface area contributed by atoms with Crippen LogP contribution in [0, 0.1) is 0 Å². The second-order valence-corrected chi connectivity index (χ2v) is 5.19. The van der Waals surface area contributed by atoms with Crippen molar-refractivity contribution in [2.24, 2.45) is 0 Å². The molecule has 0 amide bonds. The molecule has 0 unspecified atom stereocenters. The molecule has 0 spiro atoms. The first-order valence-electron chi connectivity index (χ1n) is 6.52. The molecule has 0 aliphatic rings. The van der Waals surface area contributed by atoms with Crippen molar-refractivity contribution in [1.82, 2.24) is 5.32 Å². The highest BCUT2D eigenvalue weighted by molar-refractivity contribution is 6.31. The van der Waals surface area contributed by atoms with Gasteiger partial charge in [0.15, 0.2) is 0 Å². The van der Waals surface area contributed by atoms with E-state index >= 15 is 0 Å². The molecule has 0 radical (unpaired) electrons. The lowest BCUT2D eigenvalue weighted by Gasteiger charge is -2.18. The van der Waals surface area contributed by atoms with Gasteiger partial charge in [0.25, 0.3) is 0 Å². The van der Waals surface area contributed by atoms with Crippen molar-refractivity contribution in [3.05, 3.63) is 70.2 Å². The molecule has 0 bridgehead atoms. The van der Waals surface area contributed by atoms with E-state index in [-0.39, 0.29) is 18.2 Å². The second kappa shape index (κ2) is 6.50. The molecular formula is C16H15ClF3N. The Bertz CT molecular complexity index is 610. The Balaban J connectivity index is 2.12. The third-order valence-electron chi connectivity index (χ3n) is 3.29. The minimum absolute atomic E-state index is 0.127. The van der Waals surface area contributed by atoms with Crippen molar-refractivity contribution in [3.63, 3.8) is 0 Å². The fraction of sp³-hybridized carbons (Fsp3) is 0.250. The van der Waals surface area contributed by atoms with Crippen LogP contribution in [0.2, 0.25) is 5.02 Å². The van der Waals surface area contributed by atoms with Crippen molar-refractivity contribution in [2.45, 2.75) is 25.7 Å². The standard InChI is InChI=1S/C16H15ClF3N/c1-11(13-7-3-5-9-15(13)17)21-10-12-6-2-4-8-14(12)16(18,19)20/h2-9,11,21H,10H2,1H3/t11-/m1/s1. The first-order chi connectivity index (χ1) is 9.89. The fourth-order valence-electron chi connectivity index (χ4n) is 2.15. The fourth-order valence-corrected chi connectivity index (χ4v) is 2.45. The van der Waals surface area contributed by atoms with Crippen LogP contribution in [0.3, 0.4) is 0 Å². The smallest absolute Gasteiger partial charge is 0.306 e. The van der Waals surface area contributed by atoms with Crippen LogP contribution in [0.5, 0.6) is 0 Å². The Morgan fingerprint density at radius 2 is 1.67 bits per heavy atom. The number of hydrogen-bond acceptors (Lipinski definition) is 1. The van der Waals surface area contributed by atoms with E-state index in [0.29, 0.717) is 5.02 Å². The van der Waals surface area contributed by atoms with Crippen LogP contribution in [-0.2, 0) is 12.7 Å². The zero-order chi connectivity index (χ0) is 15.5. The van der Waals surface area contributed by atoms with Crippen molar-refractivity contribution < 1.29 is 13.2 Å². The molecule has 2 aromatic rings. The number of halogens is 4. The summed E-state index contributed by atoms with van der Waals surface area (Å²) in [6.07, 6.45) is -4.34. The minimum Gasteiger partial charge on any atom is -0.306 e. The number of benzene rings is 2. The summed E-state index contributed by atoms with van der Waals surface area (Å²) < 4.78 is 38.7. The molecule has 1 nitrogen and oxygen atoms in total. The summed E-state index contributed by atoms with van der Waals surface area (Å²) in [4.78, 5) is 0. The minimum atomic E-state index is -4.34. The first-order valence-corrected chi connectivity index (χ1v) is 6.90. The molecule has 0 heterocycles. The van der Waals surface area contributed by atoms with Crippen LogP contribution in [-0.4, -0.2) is 0 Å². The molecule has 0 aliphatic carbocycles. The highest BCUT2D eigenvalue weighted by Crippen LogP contribution is 2.32. The molecule has 0 saturated heterocycles. The first kappa shape index (κ1) is 15.9. The molecule has 0 fully saturated rings. The molecule has 2 aromatic carbocycles. The van der Waals surface area contributed by atoms with Gasteiger partial charge in [0, 0.05) is 17.6 Å². The third kappa shape index (κ3) is 3.99.